The fraction of sp³-hybridized carbons (Fsp3) is 0.618. The summed E-state index contributed by atoms with van der Waals surface area (Å²) >= 11 is 0. The van der Waals surface area contributed by atoms with Gasteiger partial charge in [0.05, 0.1) is 38.1 Å². The molecular weight excluding hydrogens is 1200 g/mol. The number of hydrogen-bond acceptors (Lipinski definition) is 20. The topological polar surface area (TPSA) is 607 Å². The molecular formula is C55H90N16O20. The van der Waals surface area contributed by atoms with Gasteiger partial charge in [-0.2, -0.15) is 0 Å². The SMILES string of the molecule is CC(C)C[C@@H](NC(=O)CNC(=O)[C@@H](CCCCN)NC(=O)[C@@H](CO)NC(=O)[C@@H](C)NC(=O)[C@@H](CCCNC(=N)N)NC(=O)[C@@H](CC(=O)O)NC(=O)[C@@H](N)C(C)C)C(=O)N[C@H](CC(=O)O)C(=O)N[C@H](C)C(=O)N[C@H](Cc1ccc(O)cc1)C(=O)N[C@@H](C(=O)O)[C@H](C)O. The number of carbonyl (C=O) groups is 14. The first-order chi connectivity index (χ1) is 42.5. The molecule has 1 aromatic carbocycles. The van der Waals surface area contributed by atoms with Crippen molar-refractivity contribution in [2.75, 3.05) is 26.2 Å². The first-order valence-electron chi connectivity index (χ1n) is 29.1. The molecule has 0 aliphatic heterocycles. The number of nitrogens with one attached hydrogen (secondary N) is 13. The van der Waals surface area contributed by atoms with Crippen molar-refractivity contribution < 1.29 is 97.8 Å². The average molecular weight is 1300 g/mol. The van der Waals surface area contributed by atoms with Crippen LogP contribution in [0.15, 0.2) is 24.3 Å². The first kappa shape index (κ1) is 79.7. The van der Waals surface area contributed by atoms with Crippen LogP contribution >= 0.6 is 0 Å². The van der Waals surface area contributed by atoms with Gasteiger partial charge in [0.15, 0.2) is 12.0 Å². The zero-order valence-corrected chi connectivity index (χ0v) is 51.7. The predicted molar refractivity (Wildman–Crippen MR) is 321 cm³/mol. The summed E-state index contributed by atoms with van der Waals surface area (Å²) in [5.74, 6) is -17.5. The summed E-state index contributed by atoms with van der Waals surface area (Å²) in [6.07, 6.45) is -3.61. The Morgan fingerprint density at radius 2 is 0.956 bits per heavy atom. The summed E-state index contributed by atoms with van der Waals surface area (Å²) in [6.45, 7) is 8.23. The molecule has 0 saturated heterocycles. The second-order valence-corrected chi connectivity index (χ2v) is 22.1. The van der Waals surface area contributed by atoms with E-state index in [4.69, 9.17) is 22.6 Å². The van der Waals surface area contributed by atoms with Gasteiger partial charge in [-0.05, 0) is 95.4 Å². The zero-order valence-electron chi connectivity index (χ0n) is 51.7. The van der Waals surface area contributed by atoms with Crippen LogP contribution in [0.5, 0.6) is 5.75 Å². The van der Waals surface area contributed by atoms with Crippen LogP contribution in [0.25, 0.3) is 0 Å². The number of unbranched alkanes of at least 4 members (excludes halogenated alkanes) is 1. The average Bonchev–Trinajstić information content (AvgIpc) is 2.99. The van der Waals surface area contributed by atoms with Crippen LogP contribution < -0.4 is 81.0 Å². The maximum atomic E-state index is 13.8. The molecule has 510 valence electrons. The molecule has 0 aliphatic rings. The highest BCUT2D eigenvalue weighted by Gasteiger charge is 2.36. The molecule has 1 aromatic rings. The van der Waals surface area contributed by atoms with Crippen LogP contribution in [0.3, 0.4) is 0 Å². The number of phenols is 1. The molecule has 11 amide bonds. The van der Waals surface area contributed by atoms with Gasteiger partial charge in [-0.1, -0.05) is 39.8 Å². The third kappa shape index (κ3) is 30.7. The number of hydrogen-bond donors (Lipinski definition) is 22. The Morgan fingerprint density at radius 3 is 1.43 bits per heavy atom. The summed E-state index contributed by atoms with van der Waals surface area (Å²) in [5, 5.41) is 93.8. The minimum Gasteiger partial charge on any atom is -0.508 e. The van der Waals surface area contributed by atoms with Crippen molar-refractivity contribution in [3.8, 4) is 5.75 Å². The Balaban J connectivity index is 3.24. The lowest BCUT2D eigenvalue weighted by Gasteiger charge is -2.26. The normalized spacial score (nSPS) is 15.0. The lowest BCUT2D eigenvalue weighted by atomic mass is 10.0. The molecule has 0 heterocycles. The fourth-order valence-corrected chi connectivity index (χ4v) is 8.22. The van der Waals surface area contributed by atoms with Crippen LogP contribution in [0.2, 0.25) is 0 Å². The molecule has 0 unspecified atom stereocenters. The number of carbonyl (C=O) groups excluding carboxylic acids is 11. The van der Waals surface area contributed by atoms with Gasteiger partial charge in [-0.3, -0.25) is 67.7 Å². The molecule has 0 radical (unpaired) electrons. The van der Waals surface area contributed by atoms with E-state index >= 15 is 0 Å². The molecule has 36 heteroatoms. The van der Waals surface area contributed by atoms with Crippen molar-refractivity contribution in [1.82, 2.24) is 63.8 Å². The third-order valence-corrected chi connectivity index (χ3v) is 13.4. The van der Waals surface area contributed by atoms with Crippen LogP contribution in [-0.4, -0.2) is 218 Å². The van der Waals surface area contributed by atoms with E-state index in [1.165, 1.54) is 31.2 Å². The Morgan fingerprint density at radius 1 is 0.516 bits per heavy atom. The summed E-state index contributed by atoms with van der Waals surface area (Å²) in [4.78, 5) is 183. The molecule has 1 rings (SSSR count). The van der Waals surface area contributed by atoms with E-state index < -0.39 is 193 Å². The van der Waals surface area contributed by atoms with Gasteiger partial charge in [-0.25, -0.2) is 4.79 Å². The number of amides is 11. The van der Waals surface area contributed by atoms with Crippen LogP contribution in [0.4, 0.5) is 0 Å². The number of carboxylic acid groups (broad SMARTS) is 3. The third-order valence-electron chi connectivity index (χ3n) is 13.4. The van der Waals surface area contributed by atoms with Crippen LogP contribution in [-0.2, 0) is 73.5 Å². The maximum absolute atomic E-state index is 13.8. The summed E-state index contributed by atoms with van der Waals surface area (Å²) < 4.78 is 0. The van der Waals surface area contributed by atoms with Crippen molar-refractivity contribution in [2.45, 2.75) is 179 Å². The number of aliphatic hydroxyl groups excluding tert-OH is 2. The van der Waals surface area contributed by atoms with Gasteiger partial charge >= 0.3 is 17.9 Å². The minimum atomic E-state index is -1.90. The molecule has 91 heavy (non-hydrogen) atoms. The summed E-state index contributed by atoms with van der Waals surface area (Å²) in [7, 11) is 0. The van der Waals surface area contributed by atoms with E-state index in [1.54, 1.807) is 27.7 Å². The molecule has 0 spiro atoms. The number of aromatic hydroxyl groups is 1. The number of nitrogens with two attached hydrogens (primary N) is 3. The van der Waals surface area contributed by atoms with Gasteiger partial charge in [0, 0.05) is 13.0 Å². The second-order valence-electron chi connectivity index (χ2n) is 22.1. The van der Waals surface area contributed by atoms with E-state index in [1.807, 2.05) is 0 Å². The van der Waals surface area contributed by atoms with Crippen molar-refractivity contribution in [1.29, 1.82) is 5.41 Å². The lowest BCUT2D eigenvalue weighted by molar-refractivity contribution is -0.145. The minimum absolute atomic E-state index is 0.0258. The number of guanidine groups is 1. The summed E-state index contributed by atoms with van der Waals surface area (Å²) in [5.41, 5.74) is 17.2. The molecule has 0 bridgehead atoms. The number of aliphatic carboxylic acids is 3. The van der Waals surface area contributed by atoms with E-state index in [-0.39, 0.29) is 63.3 Å². The number of rotatable bonds is 42. The number of benzene rings is 1. The maximum Gasteiger partial charge on any atom is 0.328 e. The number of carboxylic acids is 3. The molecule has 0 fully saturated rings. The fourth-order valence-electron chi connectivity index (χ4n) is 8.22. The van der Waals surface area contributed by atoms with Gasteiger partial charge in [0.2, 0.25) is 65.0 Å². The first-order valence-corrected chi connectivity index (χ1v) is 29.1. The van der Waals surface area contributed by atoms with Gasteiger partial charge in [-0.15, -0.1) is 0 Å². The van der Waals surface area contributed by atoms with Crippen LogP contribution in [0.1, 0.15) is 105 Å². The monoisotopic (exact) mass is 1290 g/mol. The predicted octanol–water partition coefficient (Wildman–Crippen LogP) is -7.23. The van der Waals surface area contributed by atoms with E-state index in [2.05, 4.69) is 63.8 Å². The molecule has 0 aliphatic carbocycles. The van der Waals surface area contributed by atoms with Crippen molar-refractivity contribution >= 4 is 88.8 Å². The molecule has 12 atom stereocenters. The van der Waals surface area contributed by atoms with Crippen molar-refractivity contribution in [3.05, 3.63) is 29.8 Å². The van der Waals surface area contributed by atoms with Gasteiger partial charge in [0.25, 0.3) is 0 Å². The number of phenolic OH excluding ortho intramolecular Hbond substituents is 1. The Labute approximate surface area is 524 Å². The zero-order chi connectivity index (χ0) is 69.4. The summed E-state index contributed by atoms with van der Waals surface area (Å²) in [6, 6.07) is -12.0. The molecule has 36 nitrogen and oxygen atoms in total. The van der Waals surface area contributed by atoms with Crippen molar-refractivity contribution in [2.24, 2.45) is 29.0 Å². The molecule has 25 N–H and O–H groups in total. The molecule has 0 saturated carbocycles. The Hall–Kier alpha value is -9.29. The van der Waals surface area contributed by atoms with Crippen molar-refractivity contribution in [3.63, 3.8) is 0 Å². The molecule has 0 aromatic heterocycles. The highest BCUT2D eigenvalue weighted by Crippen LogP contribution is 2.13. The lowest BCUT2D eigenvalue weighted by Crippen LogP contribution is -2.60. The Kier molecular flexibility index (Phi) is 35.4. The highest BCUT2D eigenvalue weighted by atomic mass is 16.4. The smallest absolute Gasteiger partial charge is 0.328 e. The second kappa shape index (κ2) is 40.4. The van der Waals surface area contributed by atoms with Crippen LogP contribution in [0, 0.1) is 17.2 Å². The van der Waals surface area contributed by atoms with E-state index in [9.17, 15) is 97.8 Å². The number of aliphatic hydroxyl groups is 2. The van der Waals surface area contributed by atoms with E-state index in [0.29, 0.717) is 12.0 Å². The van der Waals surface area contributed by atoms with Gasteiger partial charge in [0.1, 0.15) is 60.1 Å². The quantitative estimate of drug-likeness (QED) is 0.0164. The van der Waals surface area contributed by atoms with E-state index in [0.717, 1.165) is 13.8 Å². The largest absolute Gasteiger partial charge is 0.508 e. The standard InChI is InChI=1S/C55H90N16O20/c1-25(2)19-34(49(85)68-36(21-40(76)77)48(84)63-27(5)44(80)67-35(20-30-13-15-31(74)16-14-30)51(87)71-43(29(7)73)54(90)91)64-39(75)23-61-46(82)32(11-8-9-17-56)65-52(88)38(24-72)70-45(81)28(6)62-47(83)33(12-10-18-60-55(58)59)66-50(86)37(22-41(78)79)69-53(89)42(57)26(3)4/h13-16,25-29,32-38,42-43,72-74H,8-12,17-24,56-57H2,1-7H3,(H,61,82)(H,62,83)(H,63,84)(H,64,75)(H,65,88)(H,66,86)(H,67,80)(H,68,85)(H,69,89)(H,70,81)(H,71,87)(H,76,77)(H,78,79)(H,90,91)(H4,58,59,60)/t27-,28-,29+,32-,33-,34-,35-,36-,37-,38-,42+,43-/m1/s1. The Bertz CT molecular complexity index is 2700. The highest BCUT2D eigenvalue weighted by molar-refractivity contribution is 6.00. The van der Waals surface area contributed by atoms with Gasteiger partial charge < -0.3 is 112 Å².